The molecule has 1 fully saturated rings. The van der Waals surface area contributed by atoms with Crippen LogP contribution in [0.2, 0.25) is 0 Å². The van der Waals surface area contributed by atoms with E-state index in [0.29, 0.717) is 13.1 Å². The highest BCUT2D eigenvalue weighted by Gasteiger charge is 2.25. The highest BCUT2D eigenvalue weighted by Crippen LogP contribution is 2.08. The van der Waals surface area contributed by atoms with Crippen LogP contribution in [0, 0.1) is 0 Å². The average molecular weight is 197 g/mol. The number of carbonyl (C=O) groups is 2. The van der Waals surface area contributed by atoms with Crippen molar-refractivity contribution in [3.05, 3.63) is 12.2 Å². The number of primary amides is 1. The van der Waals surface area contributed by atoms with Gasteiger partial charge >= 0.3 is 6.03 Å². The van der Waals surface area contributed by atoms with Crippen LogP contribution in [0.3, 0.4) is 0 Å². The van der Waals surface area contributed by atoms with Crippen LogP contribution in [-0.4, -0.2) is 36.0 Å². The van der Waals surface area contributed by atoms with Gasteiger partial charge in [0.1, 0.15) is 0 Å². The molecule has 3 amide bonds. The summed E-state index contributed by atoms with van der Waals surface area (Å²) in [5.74, 6) is -0.121. The molecule has 0 spiro atoms. The van der Waals surface area contributed by atoms with Crippen LogP contribution in [0.1, 0.15) is 13.3 Å². The first-order valence-corrected chi connectivity index (χ1v) is 4.61. The molecule has 5 heteroatoms. The highest BCUT2D eigenvalue weighted by molar-refractivity contribution is 5.87. The van der Waals surface area contributed by atoms with Crippen molar-refractivity contribution in [2.45, 2.75) is 19.4 Å². The first kappa shape index (κ1) is 10.6. The number of hydrogen-bond acceptors (Lipinski definition) is 2. The minimum Gasteiger partial charge on any atom is -0.351 e. The number of nitrogens with zero attached hydrogens (tertiary/aromatic N) is 1. The normalized spacial score (nSPS) is 21.5. The molecule has 0 saturated carbocycles. The van der Waals surface area contributed by atoms with Crippen LogP contribution in [0.4, 0.5) is 4.79 Å². The maximum absolute atomic E-state index is 11.1. The molecular weight excluding hydrogens is 182 g/mol. The van der Waals surface area contributed by atoms with Crippen molar-refractivity contribution >= 4 is 11.9 Å². The Morgan fingerprint density at radius 1 is 1.57 bits per heavy atom. The number of nitrogens with one attached hydrogen (secondary N) is 1. The third kappa shape index (κ3) is 2.76. The predicted molar refractivity (Wildman–Crippen MR) is 52.5 cm³/mol. The van der Waals surface area contributed by atoms with Gasteiger partial charge < -0.3 is 16.0 Å². The number of hydrogen-bond donors (Lipinski definition) is 2. The monoisotopic (exact) mass is 197 g/mol. The van der Waals surface area contributed by atoms with Gasteiger partial charge in [-0.25, -0.2) is 4.79 Å². The van der Waals surface area contributed by atoms with Crippen LogP contribution in [0.25, 0.3) is 0 Å². The van der Waals surface area contributed by atoms with Gasteiger partial charge in [0.2, 0.25) is 5.91 Å². The molecule has 5 nitrogen and oxygen atoms in total. The van der Waals surface area contributed by atoms with E-state index >= 15 is 0 Å². The maximum atomic E-state index is 11.1. The van der Waals surface area contributed by atoms with Crippen molar-refractivity contribution in [3.63, 3.8) is 0 Å². The Morgan fingerprint density at radius 2 is 2.29 bits per heavy atom. The van der Waals surface area contributed by atoms with Crippen molar-refractivity contribution in [2.75, 3.05) is 13.1 Å². The second-order valence-electron chi connectivity index (χ2n) is 3.28. The molecule has 1 rings (SSSR count). The predicted octanol–water partition coefficient (Wildman–Crippen LogP) is -0.168. The van der Waals surface area contributed by atoms with E-state index in [1.54, 1.807) is 13.0 Å². The number of carbonyl (C=O) groups excluding carboxylic acids is 2. The lowest BCUT2D eigenvalue weighted by Gasteiger charge is -2.13. The molecule has 0 aromatic heterocycles. The Morgan fingerprint density at radius 3 is 2.79 bits per heavy atom. The topological polar surface area (TPSA) is 75.4 Å². The van der Waals surface area contributed by atoms with E-state index in [0.717, 1.165) is 6.42 Å². The molecule has 0 bridgehead atoms. The number of allylic oxidation sites excluding steroid dienone is 1. The minimum atomic E-state index is -0.423. The third-order valence-electron chi connectivity index (χ3n) is 2.16. The highest BCUT2D eigenvalue weighted by atomic mass is 16.2. The second kappa shape index (κ2) is 4.64. The van der Waals surface area contributed by atoms with Gasteiger partial charge in [-0.15, -0.1) is 0 Å². The lowest BCUT2D eigenvalue weighted by Crippen LogP contribution is -2.39. The van der Waals surface area contributed by atoms with Crippen molar-refractivity contribution in [1.82, 2.24) is 10.2 Å². The van der Waals surface area contributed by atoms with E-state index in [1.807, 2.05) is 0 Å². The number of nitrogens with two attached hydrogens (primary N) is 1. The molecule has 1 aliphatic rings. The molecule has 1 aliphatic heterocycles. The molecule has 1 unspecified atom stereocenters. The SMILES string of the molecule is C/C=C/C(=O)NC1CCN(C(N)=O)C1. The number of amides is 3. The summed E-state index contributed by atoms with van der Waals surface area (Å²) in [6, 6.07) is -0.390. The van der Waals surface area contributed by atoms with Crippen molar-refractivity contribution < 1.29 is 9.59 Å². The molecule has 0 radical (unpaired) electrons. The van der Waals surface area contributed by atoms with Crippen molar-refractivity contribution in [2.24, 2.45) is 5.73 Å². The molecule has 1 heterocycles. The summed E-state index contributed by atoms with van der Waals surface area (Å²) < 4.78 is 0. The Balaban J connectivity index is 2.36. The molecule has 1 atom stereocenters. The quantitative estimate of drug-likeness (QED) is 0.603. The maximum Gasteiger partial charge on any atom is 0.314 e. The smallest absolute Gasteiger partial charge is 0.314 e. The van der Waals surface area contributed by atoms with Crippen LogP contribution in [0.15, 0.2) is 12.2 Å². The van der Waals surface area contributed by atoms with Gasteiger partial charge in [-0.3, -0.25) is 4.79 Å². The lowest BCUT2D eigenvalue weighted by molar-refractivity contribution is -0.117. The second-order valence-corrected chi connectivity index (χ2v) is 3.28. The molecule has 0 aliphatic carbocycles. The Labute approximate surface area is 82.9 Å². The van der Waals surface area contributed by atoms with E-state index < -0.39 is 6.03 Å². The standard InChI is InChI=1S/C9H15N3O2/c1-2-3-8(13)11-7-4-5-12(6-7)9(10)14/h2-3,7H,4-6H2,1H3,(H2,10,14)(H,11,13)/b3-2+. The molecule has 0 aromatic carbocycles. The van der Waals surface area contributed by atoms with Crippen molar-refractivity contribution in [1.29, 1.82) is 0 Å². The van der Waals surface area contributed by atoms with Crippen LogP contribution in [0.5, 0.6) is 0 Å². The van der Waals surface area contributed by atoms with E-state index in [9.17, 15) is 9.59 Å². The van der Waals surface area contributed by atoms with Gasteiger partial charge in [-0.05, 0) is 19.4 Å². The van der Waals surface area contributed by atoms with Gasteiger partial charge in [-0.1, -0.05) is 6.08 Å². The van der Waals surface area contributed by atoms with Gasteiger partial charge in [-0.2, -0.15) is 0 Å². The van der Waals surface area contributed by atoms with Gasteiger partial charge in [0.05, 0.1) is 0 Å². The lowest BCUT2D eigenvalue weighted by atomic mass is 10.2. The van der Waals surface area contributed by atoms with Crippen LogP contribution in [-0.2, 0) is 4.79 Å². The number of rotatable bonds is 2. The van der Waals surface area contributed by atoms with Crippen LogP contribution >= 0.6 is 0 Å². The Bertz CT molecular complexity index is 263. The molecule has 3 N–H and O–H groups in total. The molecule has 14 heavy (non-hydrogen) atoms. The van der Waals surface area contributed by atoms with Gasteiger partial charge in [0.25, 0.3) is 0 Å². The zero-order valence-corrected chi connectivity index (χ0v) is 8.19. The first-order chi connectivity index (χ1) is 6.63. The molecular formula is C9H15N3O2. The van der Waals surface area contributed by atoms with Gasteiger partial charge in [0, 0.05) is 19.1 Å². The van der Waals surface area contributed by atoms with Crippen LogP contribution < -0.4 is 11.1 Å². The van der Waals surface area contributed by atoms with Gasteiger partial charge in [0.15, 0.2) is 0 Å². The summed E-state index contributed by atoms with van der Waals surface area (Å²) in [5.41, 5.74) is 5.11. The number of urea groups is 1. The largest absolute Gasteiger partial charge is 0.351 e. The van der Waals surface area contributed by atoms with E-state index in [4.69, 9.17) is 5.73 Å². The fourth-order valence-electron chi connectivity index (χ4n) is 1.48. The minimum absolute atomic E-state index is 0.0335. The van der Waals surface area contributed by atoms with E-state index in [2.05, 4.69) is 5.32 Å². The molecule has 0 aromatic rings. The summed E-state index contributed by atoms with van der Waals surface area (Å²) in [6.07, 6.45) is 3.91. The fraction of sp³-hybridized carbons (Fsp3) is 0.556. The summed E-state index contributed by atoms with van der Waals surface area (Å²) >= 11 is 0. The van der Waals surface area contributed by atoms with Crippen molar-refractivity contribution in [3.8, 4) is 0 Å². The van der Waals surface area contributed by atoms with E-state index in [1.165, 1.54) is 11.0 Å². The fourth-order valence-corrected chi connectivity index (χ4v) is 1.48. The molecule has 78 valence electrons. The van der Waals surface area contributed by atoms with E-state index in [-0.39, 0.29) is 11.9 Å². The Hall–Kier alpha value is -1.52. The zero-order chi connectivity index (χ0) is 10.6. The Kier molecular flexibility index (Phi) is 3.50. The average Bonchev–Trinajstić information content (AvgIpc) is 2.53. The first-order valence-electron chi connectivity index (χ1n) is 4.61. The third-order valence-corrected chi connectivity index (χ3v) is 2.16. The summed E-state index contributed by atoms with van der Waals surface area (Å²) in [4.78, 5) is 23.5. The zero-order valence-electron chi connectivity index (χ0n) is 8.19. The molecule has 1 saturated heterocycles. The summed E-state index contributed by atoms with van der Waals surface area (Å²) in [7, 11) is 0. The summed E-state index contributed by atoms with van der Waals surface area (Å²) in [6.45, 7) is 2.92. The summed E-state index contributed by atoms with van der Waals surface area (Å²) in [5, 5.41) is 2.79. The number of likely N-dealkylation sites (tertiary alicyclic amines) is 1.